The number of alkyl halides is 3. The molecule has 1 fully saturated rings. The molecule has 1 saturated heterocycles. The molecule has 0 N–H and O–H groups in total. The molecule has 0 nitrogen and oxygen atoms in total. The molecule has 0 aliphatic carbocycles. The van der Waals surface area contributed by atoms with Gasteiger partial charge in [-0.25, -0.2) is 0 Å². The maximum atomic E-state index is 12.0. The Morgan fingerprint density at radius 2 is 1.40 bits per heavy atom. The van der Waals surface area contributed by atoms with E-state index in [9.17, 15) is 13.2 Å². The van der Waals surface area contributed by atoms with Crippen LogP contribution >= 0.6 is 0 Å². The van der Waals surface area contributed by atoms with Crippen molar-refractivity contribution in [2.24, 2.45) is 0 Å². The Bertz CT molecular complexity index is 104. The average molecular weight is 209 g/mol. The van der Waals surface area contributed by atoms with Gasteiger partial charge in [-0.1, -0.05) is 0 Å². The van der Waals surface area contributed by atoms with Gasteiger partial charge in [-0.15, -0.1) is 0 Å². The summed E-state index contributed by atoms with van der Waals surface area (Å²) in [4.78, 5) is 1.08. The normalized spacial score (nSPS) is 21.3. The van der Waals surface area contributed by atoms with Gasteiger partial charge in [0.2, 0.25) is 0 Å². The molecular formula is C6H10F3Ga. The second-order valence-corrected chi connectivity index (χ2v) is 9.60. The van der Waals surface area contributed by atoms with Gasteiger partial charge in [0.15, 0.2) is 0 Å². The van der Waals surface area contributed by atoms with Crippen LogP contribution in [0, 0.1) is 0 Å². The van der Waals surface area contributed by atoms with Gasteiger partial charge in [-0.3, -0.25) is 0 Å². The van der Waals surface area contributed by atoms with Crippen LogP contribution in [0.15, 0.2) is 0 Å². The average Bonchev–Trinajstić information content (AvgIpc) is 1.88. The molecule has 0 aromatic heterocycles. The first-order valence-electron chi connectivity index (χ1n) is 3.67. The van der Waals surface area contributed by atoms with Gasteiger partial charge in [0.05, 0.1) is 0 Å². The molecule has 58 valence electrons. The van der Waals surface area contributed by atoms with E-state index in [1.54, 1.807) is 0 Å². The van der Waals surface area contributed by atoms with Gasteiger partial charge in [-0.05, 0) is 0 Å². The Hall–Kier alpha value is 0.426. The van der Waals surface area contributed by atoms with Crippen LogP contribution in [-0.4, -0.2) is 20.9 Å². The quantitative estimate of drug-likeness (QED) is 0.538. The summed E-state index contributed by atoms with van der Waals surface area (Å²) >= 11 is -2.77. The van der Waals surface area contributed by atoms with Gasteiger partial charge < -0.3 is 0 Å². The predicted octanol–water partition coefficient (Wildman–Crippen LogP) is 2.77. The van der Waals surface area contributed by atoms with Crippen molar-refractivity contribution in [1.29, 1.82) is 0 Å². The third kappa shape index (κ3) is 2.23. The Labute approximate surface area is 63.8 Å². The summed E-state index contributed by atoms with van der Waals surface area (Å²) in [6, 6.07) is 0. The molecule has 1 aliphatic heterocycles. The number of hydrogen-bond acceptors (Lipinski definition) is 0. The summed E-state index contributed by atoms with van der Waals surface area (Å²) in [7, 11) is 0. The van der Waals surface area contributed by atoms with E-state index in [4.69, 9.17) is 0 Å². The molecule has 1 aliphatic rings. The Morgan fingerprint density at radius 3 is 1.70 bits per heavy atom. The van der Waals surface area contributed by atoms with Gasteiger partial charge in [0, 0.05) is 0 Å². The molecule has 0 unspecified atom stereocenters. The summed E-state index contributed by atoms with van der Waals surface area (Å²) in [5.74, 6) is 0. The van der Waals surface area contributed by atoms with Gasteiger partial charge >= 0.3 is 63.3 Å². The first kappa shape index (κ1) is 8.52. The molecule has 1 heterocycles. The van der Waals surface area contributed by atoms with E-state index in [-0.39, 0.29) is 0 Å². The summed E-state index contributed by atoms with van der Waals surface area (Å²) < 4.78 is 32.3. The molecule has 0 atom stereocenters. The zero-order valence-electron chi connectivity index (χ0n) is 5.75. The SMILES string of the molecule is F[C](F)(F)[Ga]1[CH2]CCC[CH2]1. The van der Waals surface area contributed by atoms with Gasteiger partial charge in [0.1, 0.15) is 0 Å². The first-order valence-corrected chi connectivity index (χ1v) is 8.31. The monoisotopic (exact) mass is 208 g/mol. The molecule has 0 spiro atoms. The molecule has 0 radical (unpaired) electrons. The van der Waals surface area contributed by atoms with Crippen molar-refractivity contribution < 1.29 is 13.2 Å². The summed E-state index contributed by atoms with van der Waals surface area (Å²) in [5.41, 5.74) is 0. The standard InChI is InChI=1S/C5H10.CF3.Ga/c1-3-5-4-2;2-1(3)4;/h1-5H2;;. The van der Waals surface area contributed by atoms with Crippen LogP contribution in [0.5, 0.6) is 0 Å². The van der Waals surface area contributed by atoms with Crippen molar-refractivity contribution in [2.45, 2.75) is 33.9 Å². The van der Waals surface area contributed by atoms with Crippen LogP contribution in [0.25, 0.3) is 0 Å². The minimum absolute atomic E-state index is 0.538. The fourth-order valence-corrected chi connectivity index (χ4v) is 6.69. The molecule has 10 heavy (non-hydrogen) atoms. The molecule has 1 rings (SSSR count). The van der Waals surface area contributed by atoms with Crippen molar-refractivity contribution in [2.75, 3.05) is 0 Å². The van der Waals surface area contributed by atoms with Crippen LogP contribution in [0.3, 0.4) is 0 Å². The fourth-order valence-electron chi connectivity index (χ4n) is 1.43. The molecule has 0 bridgehead atoms. The van der Waals surface area contributed by atoms with E-state index in [2.05, 4.69) is 0 Å². The van der Waals surface area contributed by atoms with Crippen LogP contribution < -0.4 is 0 Å². The Kier molecular flexibility index (Phi) is 2.74. The van der Waals surface area contributed by atoms with Crippen LogP contribution in [0.4, 0.5) is 13.2 Å². The topological polar surface area (TPSA) is 0 Å². The van der Waals surface area contributed by atoms with Crippen LogP contribution in [-0.2, 0) is 0 Å². The predicted molar refractivity (Wildman–Crippen MR) is 35.3 cm³/mol. The first-order chi connectivity index (χ1) is 4.61. The molecule has 0 aromatic rings. The van der Waals surface area contributed by atoms with E-state index in [0.29, 0.717) is 9.95 Å². The fraction of sp³-hybridized carbons (Fsp3) is 1.00. The zero-order valence-corrected chi connectivity index (χ0v) is 8.17. The van der Waals surface area contributed by atoms with E-state index in [0.717, 1.165) is 19.3 Å². The maximum absolute atomic E-state index is 12.0. The number of hydrogen-bond donors (Lipinski definition) is 0. The van der Waals surface area contributed by atoms with Crippen molar-refractivity contribution >= 4 is 16.2 Å². The molecular weight excluding hydrogens is 199 g/mol. The van der Waals surface area contributed by atoms with E-state index >= 15 is 0 Å². The molecule has 0 saturated carbocycles. The van der Waals surface area contributed by atoms with Crippen molar-refractivity contribution in [3.63, 3.8) is 0 Å². The second-order valence-electron chi connectivity index (χ2n) is 2.88. The number of rotatable bonds is 0. The van der Waals surface area contributed by atoms with E-state index in [1.807, 2.05) is 0 Å². The molecule has 0 amide bonds. The van der Waals surface area contributed by atoms with Crippen LogP contribution in [0.2, 0.25) is 9.95 Å². The van der Waals surface area contributed by atoms with Gasteiger partial charge in [-0.2, -0.15) is 0 Å². The Morgan fingerprint density at radius 1 is 0.900 bits per heavy atom. The van der Waals surface area contributed by atoms with Crippen molar-refractivity contribution in [3.8, 4) is 0 Å². The third-order valence-electron chi connectivity index (χ3n) is 2.07. The summed E-state index contributed by atoms with van der Waals surface area (Å²) in [6.45, 7) is 0. The van der Waals surface area contributed by atoms with Gasteiger partial charge in [0.25, 0.3) is 0 Å². The van der Waals surface area contributed by atoms with E-state index < -0.39 is 20.9 Å². The third-order valence-corrected chi connectivity index (χ3v) is 8.65. The number of halogens is 3. The van der Waals surface area contributed by atoms with Crippen molar-refractivity contribution in [1.82, 2.24) is 0 Å². The molecule has 0 aromatic carbocycles. The van der Waals surface area contributed by atoms with Crippen LogP contribution in [0.1, 0.15) is 19.3 Å². The second kappa shape index (κ2) is 3.22. The van der Waals surface area contributed by atoms with E-state index in [1.165, 1.54) is 0 Å². The summed E-state index contributed by atoms with van der Waals surface area (Å²) in [5, 5.41) is 0. The van der Waals surface area contributed by atoms with Crippen molar-refractivity contribution in [3.05, 3.63) is 0 Å². The summed E-state index contributed by atoms with van der Waals surface area (Å²) in [6.07, 6.45) is 2.70. The minimum atomic E-state index is -3.74. The Balaban J connectivity index is 2.39. The molecule has 4 heteroatoms. The zero-order chi connectivity index (χ0) is 7.61.